The summed E-state index contributed by atoms with van der Waals surface area (Å²) in [6.07, 6.45) is -4.57. The summed E-state index contributed by atoms with van der Waals surface area (Å²) < 4.78 is 39.5. The number of anilines is 1. The van der Waals surface area contributed by atoms with Crippen LogP contribution in [0.1, 0.15) is 5.69 Å². The number of nitrogens with zero attached hydrogens (tertiary/aromatic N) is 3. The first-order chi connectivity index (χ1) is 10.5. The summed E-state index contributed by atoms with van der Waals surface area (Å²) in [5.41, 5.74) is -1.02. The molecule has 0 saturated carbocycles. The largest absolute Gasteiger partial charge is 0.435 e. The lowest BCUT2D eigenvalue weighted by molar-refractivity contribution is -0.141. The highest BCUT2D eigenvalue weighted by Crippen LogP contribution is 2.41. The number of thiophene rings is 1. The van der Waals surface area contributed by atoms with E-state index in [0.717, 1.165) is 24.4 Å². The zero-order valence-electron chi connectivity index (χ0n) is 11.3. The van der Waals surface area contributed by atoms with Crippen molar-refractivity contribution >= 4 is 28.8 Å². The average molecular weight is 349 g/mol. The first kappa shape index (κ1) is 15.5. The smallest absolute Gasteiger partial charge is 0.353 e. The van der Waals surface area contributed by atoms with Crippen molar-refractivity contribution in [2.45, 2.75) is 6.18 Å². The lowest BCUT2D eigenvalue weighted by Crippen LogP contribution is -2.44. The van der Waals surface area contributed by atoms with Gasteiger partial charge in [-0.15, -0.1) is 21.5 Å². The minimum Gasteiger partial charge on any atom is -0.353 e. The van der Waals surface area contributed by atoms with Crippen LogP contribution in [0.5, 0.6) is 0 Å². The van der Waals surface area contributed by atoms with Gasteiger partial charge in [-0.2, -0.15) is 13.2 Å². The van der Waals surface area contributed by atoms with E-state index in [0.29, 0.717) is 23.8 Å². The summed E-state index contributed by atoms with van der Waals surface area (Å²) in [6.45, 7) is 2.88. The molecule has 0 aliphatic carbocycles. The molecule has 0 atom stereocenters. The first-order valence-corrected chi connectivity index (χ1v) is 7.86. The van der Waals surface area contributed by atoms with Crippen LogP contribution >= 0.6 is 22.9 Å². The number of hydrogen-bond acceptors (Lipinski definition) is 5. The molecular formula is C13H12ClF3N4S. The van der Waals surface area contributed by atoms with Gasteiger partial charge in [0.05, 0.1) is 9.90 Å². The highest BCUT2D eigenvalue weighted by atomic mass is 35.5. The van der Waals surface area contributed by atoms with Crippen molar-refractivity contribution in [3.8, 4) is 10.4 Å². The summed E-state index contributed by atoms with van der Waals surface area (Å²) in [5, 5.41) is 12.3. The molecule has 3 rings (SSSR count). The van der Waals surface area contributed by atoms with Gasteiger partial charge in [-0.1, -0.05) is 11.6 Å². The van der Waals surface area contributed by atoms with E-state index in [9.17, 15) is 13.2 Å². The van der Waals surface area contributed by atoms with Gasteiger partial charge in [-0.25, -0.2) is 0 Å². The highest BCUT2D eigenvalue weighted by molar-refractivity contribution is 7.14. The van der Waals surface area contributed by atoms with Crippen LogP contribution in [-0.4, -0.2) is 36.4 Å². The molecule has 2 aromatic rings. The molecule has 1 aliphatic heterocycles. The SMILES string of the molecule is FC(F)(F)c1nnc(N2CCNCC2)cc1-c1sccc1Cl. The highest BCUT2D eigenvalue weighted by Gasteiger charge is 2.37. The van der Waals surface area contributed by atoms with Crippen LogP contribution < -0.4 is 10.2 Å². The number of alkyl halides is 3. The minimum absolute atomic E-state index is 0.0176. The molecule has 1 fully saturated rings. The van der Waals surface area contributed by atoms with Gasteiger partial charge in [-0.3, -0.25) is 0 Å². The van der Waals surface area contributed by atoms with Crippen molar-refractivity contribution in [1.29, 1.82) is 0 Å². The molecule has 4 nitrogen and oxygen atoms in total. The Morgan fingerprint density at radius 3 is 2.55 bits per heavy atom. The average Bonchev–Trinajstić information content (AvgIpc) is 2.93. The Labute approximate surface area is 133 Å². The normalized spacial score (nSPS) is 16.1. The second kappa shape index (κ2) is 6.02. The molecule has 1 N–H and O–H groups in total. The molecule has 0 bridgehead atoms. The molecule has 1 saturated heterocycles. The van der Waals surface area contributed by atoms with Gasteiger partial charge in [0.15, 0.2) is 11.5 Å². The Hall–Kier alpha value is -1.38. The summed E-state index contributed by atoms with van der Waals surface area (Å²) in [5.74, 6) is 0.439. The van der Waals surface area contributed by atoms with Crippen LogP contribution in [0.2, 0.25) is 5.02 Å². The number of halogens is 4. The van der Waals surface area contributed by atoms with Crippen LogP contribution in [0.4, 0.5) is 19.0 Å². The molecule has 22 heavy (non-hydrogen) atoms. The molecule has 0 aromatic carbocycles. The Bertz CT molecular complexity index is 668. The van der Waals surface area contributed by atoms with Crippen LogP contribution in [0, 0.1) is 0 Å². The lowest BCUT2D eigenvalue weighted by Gasteiger charge is -2.28. The maximum absolute atomic E-state index is 13.2. The third-order valence-corrected chi connectivity index (χ3v) is 4.73. The zero-order valence-corrected chi connectivity index (χ0v) is 12.9. The lowest BCUT2D eigenvalue weighted by atomic mass is 10.1. The van der Waals surface area contributed by atoms with Crippen molar-refractivity contribution in [1.82, 2.24) is 15.5 Å². The molecule has 0 spiro atoms. The van der Waals surface area contributed by atoms with Crippen molar-refractivity contribution in [3.05, 3.63) is 28.2 Å². The number of aromatic nitrogens is 2. The van der Waals surface area contributed by atoms with E-state index in [4.69, 9.17) is 11.6 Å². The summed E-state index contributed by atoms with van der Waals surface area (Å²) in [4.78, 5) is 2.27. The van der Waals surface area contributed by atoms with Gasteiger partial charge in [-0.05, 0) is 17.5 Å². The fourth-order valence-corrected chi connectivity index (χ4v) is 3.47. The van der Waals surface area contributed by atoms with Gasteiger partial charge in [0.25, 0.3) is 0 Å². The van der Waals surface area contributed by atoms with E-state index in [-0.39, 0.29) is 10.6 Å². The molecule has 9 heteroatoms. The van der Waals surface area contributed by atoms with Crippen LogP contribution in [0.15, 0.2) is 17.5 Å². The summed E-state index contributed by atoms with van der Waals surface area (Å²) >= 11 is 7.16. The van der Waals surface area contributed by atoms with Crippen molar-refractivity contribution < 1.29 is 13.2 Å². The van der Waals surface area contributed by atoms with E-state index in [2.05, 4.69) is 15.5 Å². The standard InChI is InChI=1S/C13H12ClF3N4S/c14-9-1-6-22-11(9)8-7-10(21-4-2-18-3-5-21)19-20-12(8)13(15,16)17/h1,6-7,18H,2-5H2. The topological polar surface area (TPSA) is 41.1 Å². The third-order valence-electron chi connectivity index (χ3n) is 3.35. The van der Waals surface area contributed by atoms with Gasteiger partial charge < -0.3 is 10.2 Å². The summed E-state index contributed by atoms with van der Waals surface area (Å²) in [6, 6.07) is 3.01. The molecule has 0 amide bonds. The second-order valence-corrected chi connectivity index (χ2v) is 6.12. The van der Waals surface area contributed by atoms with E-state index in [1.54, 1.807) is 11.4 Å². The molecule has 2 aromatic heterocycles. The molecule has 0 unspecified atom stereocenters. The number of hydrogen-bond donors (Lipinski definition) is 1. The monoisotopic (exact) mass is 348 g/mol. The maximum atomic E-state index is 13.2. The Morgan fingerprint density at radius 1 is 1.23 bits per heavy atom. The van der Waals surface area contributed by atoms with Crippen molar-refractivity contribution in [2.75, 3.05) is 31.1 Å². The zero-order chi connectivity index (χ0) is 15.7. The fourth-order valence-electron chi connectivity index (χ4n) is 2.30. The quantitative estimate of drug-likeness (QED) is 0.904. The Kier molecular flexibility index (Phi) is 4.24. The molecule has 118 valence electrons. The van der Waals surface area contributed by atoms with Crippen molar-refractivity contribution in [3.63, 3.8) is 0 Å². The van der Waals surface area contributed by atoms with Crippen molar-refractivity contribution in [2.24, 2.45) is 0 Å². The number of rotatable bonds is 2. The van der Waals surface area contributed by atoms with E-state index in [1.807, 2.05) is 4.90 Å². The van der Waals surface area contributed by atoms with Gasteiger partial charge in [0.1, 0.15) is 0 Å². The van der Waals surface area contributed by atoms with Gasteiger partial charge in [0.2, 0.25) is 0 Å². The van der Waals surface area contributed by atoms with Gasteiger partial charge >= 0.3 is 6.18 Å². The molecule has 0 radical (unpaired) electrons. The van der Waals surface area contributed by atoms with Crippen LogP contribution in [0.25, 0.3) is 10.4 Å². The predicted molar refractivity (Wildman–Crippen MR) is 80.4 cm³/mol. The summed E-state index contributed by atoms with van der Waals surface area (Å²) in [7, 11) is 0. The van der Waals surface area contributed by atoms with E-state index >= 15 is 0 Å². The predicted octanol–water partition coefficient (Wildman–Crippen LogP) is 3.29. The molecule has 3 heterocycles. The Morgan fingerprint density at radius 2 is 1.95 bits per heavy atom. The molecular weight excluding hydrogens is 337 g/mol. The van der Waals surface area contributed by atoms with Crippen LogP contribution in [-0.2, 0) is 6.18 Å². The first-order valence-electron chi connectivity index (χ1n) is 6.61. The molecule has 1 aliphatic rings. The number of piperazine rings is 1. The Balaban J connectivity index is 2.08. The van der Waals surface area contributed by atoms with E-state index < -0.39 is 11.9 Å². The van der Waals surface area contributed by atoms with Gasteiger partial charge in [0, 0.05) is 31.7 Å². The minimum atomic E-state index is -4.57. The third kappa shape index (κ3) is 3.04. The van der Waals surface area contributed by atoms with Crippen LogP contribution in [0.3, 0.4) is 0 Å². The van der Waals surface area contributed by atoms with E-state index in [1.165, 1.54) is 6.07 Å². The maximum Gasteiger partial charge on any atom is 0.435 e. The fraction of sp³-hybridized carbons (Fsp3) is 0.385. The second-order valence-electron chi connectivity index (χ2n) is 4.80. The number of nitrogens with one attached hydrogen (secondary N) is 1.